The minimum absolute atomic E-state index is 0.561. The number of pyridine rings is 2. The van der Waals surface area contributed by atoms with E-state index in [1.54, 1.807) is 12.4 Å². The Morgan fingerprint density at radius 2 is 2.12 bits per heavy atom. The molecule has 4 heteroatoms. The van der Waals surface area contributed by atoms with Gasteiger partial charge in [-0.15, -0.1) is 0 Å². The van der Waals surface area contributed by atoms with Crippen molar-refractivity contribution >= 4 is 5.82 Å². The standard InChI is InChI=1S/C13H12N4/c1-10-5-7-16-13(12(10)8-14)17-9-11-4-2-3-6-15-11/h2-7H,9H2,1H3,(H,16,17). The summed E-state index contributed by atoms with van der Waals surface area (Å²) >= 11 is 0. The summed E-state index contributed by atoms with van der Waals surface area (Å²) in [5.74, 6) is 0.609. The Kier molecular flexibility index (Phi) is 3.31. The van der Waals surface area contributed by atoms with E-state index < -0.39 is 0 Å². The first-order valence-corrected chi connectivity index (χ1v) is 5.31. The van der Waals surface area contributed by atoms with Crippen molar-refractivity contribution in [2.24, 2.45) is 0 Å². The minimum Gasteiger partial charge on any atom is -0.363 e. The molecule has 4 nitrogen and oxygen atoms in total. The second-order valence-corrected chi connectivity index (χ2v) is 3.64. The molecule has 0 atom stereocenters. The third-order valence-electron chi connectivity index (χ3n) is 2.43. The lowest BCUT2D eigenvalue weighted by Crippen LogP contribution is -2.05. The summed E-state index contributed by atoms with van der Waals surface area (Å²) in [6.07, 6.45) is 3.43. The highest BCUT2D eigenvalue weighted by Crippen LogP contribution is 2.15. The van der Waals surface area contributed by atoms with Gasteiger partial charge in [0.1, 0.15) is 11.9 Å². The van der Waals surface area contributed by atoms with Crippen LogP contribution in [0.25, 0.3) is 0 Å². The molecule has 1 N–H and O–H groups in total. The molecule has 0 saturated carbocycles. The number of nitrogens with zero attached hydrogens (tertiary/aromatic N) is 3. The molecule has 0 saturated heterocycles. The van der Waals surface area contributed by atoms with Gasteiger partial charge in [-0.3, -0.25) is 4.98 Å². The summed E-state index contributed by atoms with van der Waals surface area (Å²) in [6.45, 7) is 2.46. The molecule has 0 aliphatic rings. The molecule has 0 unspecified atom stereocenters. The fourth-order valence-corrected chi connectivity index (χ4v) is 1.51. The Hall–Kier alpha value is -2.41. The molecule has 0 bridgehead atoms. The van der Waals surface area contributed by atoms with E-state index in [-0.39, 0.29) is 0 Å². The third kappa shape index (κ3) is 2.58. The summed E-state index contributed by atoms with van der Waals surface area (Å²) in [5, 5.41) is 12.2. The number of anilines is 1. The summed E-state index contributed by atoms with van der Waals surface area (Å²) < 4.78 is 0. The van der Waals surface area contributed by atoms with E-state index in [4.69, 9.17) is 5.26 Å². The van der Waals surface area contributed by atoms with Gasteiger partial charge in [-0.1, -0.05) is 6.07 Å². The number of nitrogens with one attached hydrogen (secondary N) is 1. The Bertz CT molecular complexity index is 543. The van der Waals surface area contributed by atoms with Crippen LogP contribution in [0, 0.1) is 18.3 Å². The number of hydrogen-bond acceptors (Lipinski definition) is 4. The summed E-state index contributed by atoms with van der Waals surface area (Å²) in [5.41, 5.74) is 2.43. The number of aryl methyl sites for hydroxylation is 1. The van der Waals surface area contributed by atoms with Gasteiger partial charge >= 0.3 is 0 Å². The lowest BCUT2D eigenvalue weighted by Gasteiger charge is -2.07. The van der Waals surface area contributed by atoms with Crippen molar-refractivity contribution in [3.63, 3.8) is 0 Å². The monoisotopic (exact) mass is 224 g/mol. The van der Waals surface area contributed by atoms with E-state index in [9.17, 15) is 0 Å². The van der Waals surface area contributed by atoms with Crippen LogP contribution < -0.4 is 5.32 Å². The first-order chi connectivity index (χ1) is 8.31. The van der Waals surface area contributed by atoms with Gasteiger partial charge in [0.25, 0.3) is 0 Å². The topological polar surface area (TPSA) is 61.6 Å². The van der Waals surface area contributed by atoms with Crippen molar-refractivity contribution in [3.05, 3.63) is 53.5 Å². The summed E-state index contributed by atoms with van der Waals surface area (Å²) in [6, 6.07) is 9.70. The van der Waals surface area contributed by atoms with Crippen LogP contribution in [-0.2, 0) is 6.54 Å². The molecule has 0 spiro atoms. The zero-order valence-electron chi connectivity index (χ0n) is 9.51. The largest absolute Gasteiger partial charge is 0.363 e. The van der Waals surface area contributed by atoms with Gasteiger partial charge in [0.2, 0.25) is 0 Å². The number of aromatic nitrogens is 2. The average molecular weight is 224 g/mol. The highest BCUT2D eigenvalue weighted by molar-refractivity contribution is 5.55. The van der Waals surface area contributed by atoms with Crippen LogP contribution in [0.4, 0.5) is 5.82 Å². The second-order valence-electron chi connectivity index (χ2n) is 3.64. The van der Waals surface area contributed by atoms with Gasteiger partial charge in [-0.2, -0.15) is 5.26 Å². The molecular formula is C13H12N4. The molecule has 0 radical (unpaired) electrons. The van der Waals surface area contributed by atoms with Crippen LogP contribution in [0.1, 0.15) is 16.8 Å². The molecular weight excluding hydrogens is 212 g/mol. The van der Waals surface area contributed by atoms with E-state index in [1.807, 2.05) is 31.2 Å². The zero-order chi connectivity index (χ0) is 12.1. The number of hydrogen-bond donors (Lipinski definition) is 1. The van der Waals surface area contributed by atoms with Crippen molar-refractivity contribution in [1.29, 1.82) is 5.26 Å². The van der Waals surface area contributed by atoms with Crippen LogP contribution in [0.2, 0.25) is 0 Å². The second kappa shape index (κ2) is 5.08. The van der Waals surface area contributed by atoms with Crippen molar-refractivity contribution in [2.45, 2.75) is 13.5 Å². The molecule has 2 rings (SSSR count). The average Bonchev–Trinajstić information content (AvgIpc) is 2.37. The lowest BCUT2D eigenvalue weighted by atomic mass is 10.1. The first-order valence-electron chi connectivity index (χ1n) is 5.31. The molecule has 0 amide bonds. The molecule has 0 fully saturated rings. The molecule has 0 aromatic carbocycles. The van der Waals surface area contributed by atoms with E-state index in [0.29, 0.717) is 17.9 Å². The predicted octanol–water partition coefficient (Wildman–Crippen LogP) is 2.27. The lowest BCUT2D eigenvalue weighted by molar-refractivity contribution is 1.02. The van der Waals surface area contributed by atoms with Crippen molar-refractivity contribution in [1.82, 2.24) is 9.97 Å². The Balaban J connectivity index is 2.15. The van der Waals surface area contributed by atoms with Crippen LogP contribution in [0.15, 0.2) is 36.7 Å². The van der Waals surface area contributed by atoms with Crippen molar-refractivity contribution in [2.75, 3.05) is 5.32 Å². The number of rotatable bonds is 3. The van der Waals surface area contributed by atoms with Crippen molar-refractivity contribution < 1.29 is 0 Å². The molecule has 0 aliphatic heterocycles. The van der Waals surface area contributed by atoms with Crippen LogP contribution in [0.5, 0.6) is 0 Å². The fourth-order valence-electron chi connectivity index (χ4n) is 1.51. The molecule has 17 heavy (non-hydrogen) atoms. The Morgan fingerprint density at radius 3 is 2.82 bits per heavy atom. The van der Waals surface area contributed by atoms with Gasteiger partial charge < -0.3 is 5.32 Å². The molecule has 2 aromatic heterocycles. The maximum Gasteiger partial charge on any atom is 0.144 e. The van der Waals surface area contributed by atoms with Gasteiger partial charge in [0.05, 0.1) is 17.8 Å². The minimum atomic E-state index is 0.561. The van der Waals surface area contributed by atoms with Crippen LogP contribution >= 0.6 is 0 Å². The van der Waals surface area contributed by atoms with Crippen molar-refractivity contribution in [3.8, 4) is 6.07 Å². The predicted molar refractivity (Wildman–Crippen MR) is 65.3 cm³/mol. The van der Waals surface area contributed by atoms with Gasteiger partial charge in [-0.25, -0.2) is 4.98 Å². The van der Waals surface area contributed by atoms with E-state index >= 15 is 0 Å². The molecule has 2 heterocycles. The third-order valence-corrected chi connectivity index (χ3v) is 2.43. The summed E-state index contributed by atoms with van der Waals surface area (Å²) in [7, 11) is 0. The Morgan fingerprint density at radius 1 is 1.24 bits per heavy atom. The summed E-state index contributed by atoms with van der Waals surface area (Å²) in [4.78, 5) is 8.36. The van der Waals surface area contributed by atoms with E-state index in [1.165, 1.54) is 0 Å². The smallest absolute Gasteiger partial charge is 0.144 e. The maximum atomic E-state index is 9.05. The highest BCUT2D eigenvalue weighted by atomic mass is 15.0. The van der Waals surface area contributed by atoms with Gasteiger partial charge in [0, 0.05) is 12.4 Å². The van der Waals surface area contributed by atoms with Gasteiger partial charge in [0.15, 0.2) is 0 Å². The SMILES string of the molecule is Cc1ccnc(NCc2ccccn2)c1C#N. The number of nitriles is 1. The Labute approximate surface area is 100.0 Å². The molecule has 84 valence electrons. The maximum absolute atomic E-state index is 9.05. The zero-order valence-corrected chi connectivity index (χ0v) is 9.51. The highest BCUT2D eigenvalue weighted by Gasteiger charge is 2.05. The van der Waals surface area contributed by atoms with E-state index in [0.717, 1.165) is 11.3 Å². The molecule has 0 aliphatic carbocycles. The quantitative estimate of drug-likeness (QED) is 0.868. The van der Waals surface area contributed by atoms with E-state index in [2.05, 4.69) is 21.4 Å². The van der Waals surface area contributed by atoms with Crippen LogP contribution in [0.3, 0.4) is 0 Å². The van der Waals surface area contributed by atoms with Gasteiger partial charge in [-0.05, 0) is 30.7 Å². The first kappa shape index (κ1) is 11.1. The fraction of sp³-hybridized carbons (Fsp3) is 0.154. The van der Waals surface area contributed by atoms with Crippen LogP contribution in [-0.4, -0.2) is 9.97 Å². The molecule has 2 aromatic rings. The normalized spacial score (nSPS) is 9.65.